The van der Waals surface area contributed by atoms with Gasteiger partial charge in [-0.05, 0) is 57.8 Å². The number of benzene rings is 1. The molecule has 1 aromatic carbocycles. The maximum atomic E-state index is 12.4. The normalized spacial score (nSPS) is 16.7. The molecule has 0 fully saturated rings. The van der Waals surface area contributed by atoms with E-state index in [0.29, 0.717) is 0 Å². The van der Waals surface area contributed by atoms with Crippen LogP contribution < -0.4 is 10.1 Å². The van der Waals surface area contributed by atoms with Crippen LogP contribution in [0.15, 0.2) is 26.8 Å². The molecule has 0 radical (unpaired) electrons. The minimum Gasteiger partial charge on any atom is -0.428 e. The zero-order valence-electron chi connectivity index (χ0n) is 13.2. The predicted octanol–water partition coefficient (Wildman–Crippen LogP) is 4.29. The number of alkyl halides is 3. The first-order valence-corrected chi connectivity index (χ1v) is 8.41. The van der Waals surface area contributed by atoms with Crippen LogP contribution in [0.1, 0.15) is 26.3 Å². The van der Waals surface area contributed by atoms with E-state index in [0.717, 1.165) is 12.1 Å². The van der Waals surface area contributed by atoms with E-state index >= 15 is 0 Å². The predicted molar refractivity (Wildman–Crippen MR) is 89.4 cm³/mol. The Morgan fingerprint density at radius 2 is 1.72 bits per heavy atom. The first kappa shape index (κ1) is 19.8. The first-order chi connectivity index (χ1) is 11.3. The molecule has 1 aromatic rings. The third-order valence-corrected chi connectivity index (χ3v) is 4.44. The Labute approximate surface area is 157 Å². The number of esters is 1. The van der Waals surface area contributed by atoms with Crippen LogP contribution in [0.4, 0.5) is 13.2 Å². The fourth-order valence-corrected chi connectivity index (χ4v) is 3.89. The highest BCUT2D eigenvalue weighted by Gasteiger charge is 2.42. The van der Waals surface area contributed by atoms with Crippen molar-refractivity contribution in [2.45, 2.75) is 32.7 Å². The minimum absolute atomic E-state index is 0.0394. The summed E-state index contributed by atoms with van der Waals surface area (Å²) in [5.41, 5.74) is -0.677. The molecule has 1 heterocycles. The highest BCUT2D eigenvalue weighted by atomic mass is 79.9. The van der Waals surface area contributed by atoms with Gasteiger partial charge >= 0.3 is 12.3 Å². The summed E-state index contributed by atoms with van der Waals surface area (Å²) < 4.78 is 46.6. The molecule has 5 nitrogen and oxygen atoms in total. The lowest BCUT2D eigenvalue weighted by atomic mass is 9.99. The second kappa shape index (κ2) is 6.64. The number of hydrogen-bond acceptors (Lipinski definition) is 4. The summed E-state index contributed by atoms with van der Waals surface area (Å²) in [7, 11) is 0. The molecule has 0 aromatic heterocycles. The minimum atomic E-state index is -4.85. The number of nitrogens with one attached hydrogen (secondary N) is 1. The second-order valence-electron chi connectivity index (χ2n) is 5.69. The van der Waals surface area contributed by atoms with E-state index in [1.54, 1.807) is 13.8 Å². The fraction of sp³-hybridized carbons (Fsp3) is 0.333. The van der Waals surface area contributed by atoms with Gasteiger partial charge in [0.25, 0.3) is 5.91 Å². The molecule has 0 aliphatic carbocycles. The highest BCUT2D eigenvalue weighted by molar-refractivity contribution is 9.11. The number of carbonyl (C=O) groups is 2. The molecule has 1 aliphatic rings. The number of ether oxygens (including phenoxy) is 2. The van der Waals surface area contributed by atoms with Crippen LogP contribution in [-0.4, -0.2) is 23.8 Å². The van der Waals surface area contributed by atoms with Crippen molar-refractivity contribution in [2.24, 2.45) is 0 Å². The monoisotopic (exact) mass is 485 g/mol. The standard InChI is InChI=1S/C15H12Br2F3NO4/c1-6(22)24-12-11(13(23)21-14(12,2)3)10-8(16)4-7(5-9(10)17)25-15(18,19)20/h4-5H,1-3H3,(H,21,23). The Bertz CT molecular complexity index is 764. The molecule has 1 amide bonds. The van der Waals surface area contributed by atoms with Gasteiger partial charge < -0.3 is 14.8 Å². The summed E-state index contributed by atoms with van der Waals surface area (Å²) in [5.74, 6) is -1.54. The van der Waals surface area contributed by atoms with Crippen LogP contribution in [0.3, 0.4) is 0 Å². The Morgan fingerprint density at radius 3 is 2.16 bits per heavy atom. The van der Waals surface area contributed by atoms with Gasteiger partial charge in [-0.1, -0.05) is 0 Å². The molecule has 1 aliphatic heterocycles. The quantitative estimate of drug-likeness (QED) is 0.647. The molecular weight excluding hydrogens is 475 g/mol. The summed E-state index contributed by atoms with van der Waals surface area (Å²) in [6.07, 6.45) is -4.85. The molecule has 25 heavy (non-hydrogen) atoms. The van der Waals surface area contributed by atoms with Gasteiger partial charge in [-0.2, -0.15) is 0 Å². The Hall–Kier alpha value is -1.55. The average molecular weight is 487 g/mol. The molecule has 0 saturated carbocycles. The lowest BCUT2D eigenvalue weighted by molar-refractivity contribution is -0.274. The molecule has 136 valence electrons. The number of rotatable bonds is 3. The summed E-state index contributed by atoms with van der Waals surface area (Å²) in [5, 5.41) is 2.66. The van der Waals surface area contributed by atoms with Gasteiger partial charge in [-0.25, -0.2) is 0 Å². The molecule has 0 spiro atoms. The highest BCUT2D eigenvalue weighted by Crippen LogP contribution is 2.42. The fourth-order valence-electron chi connectivity index (χ4n) is 2.35. The molecule has 0 unspecified atom stereocenters. The van der Waals surface area contributed by atoms with E-state index in [1.165, 1.54) is 6.92 Å². The van der Waals surface area contributed by atoms with E-state index < -0.39 is 29.5 Å². The Morgan fingerprint density at radius 1 is 1.20 bits per heavy atom. The largest absolute Gasteiger partial charge is 0.573 e. The van der Waals surface area contributed by atoms with E-state index in [2.05, 4.69) is 41.9 Å². The van der Waals surface area contributed by atoms with Crippen LogP contribution in [-0.2, 0) is 14.3 Å². The van der Waals surface area contributed by atoms with Crippen molar-refractivity contribution in [1.82, 2.24) is 5.32 Å². The van der Waals surface area contributed by atoms with Crippen molar-refractivity contribution in [3.8, 4) is 5.75 Å². The van der Waals surface area contributed by atoms with Gasteiger partial charge in [0.05, 0.1) is 11.1 Å². The van der Waals surface area contributed by atoms with Gasteiger partial charge in [0.2, 0.25) is 0 Å². The summed E-state index contributed by atoms with van der Waals surface area (Å²) in [4.78, 5) is 23.8. The van der Waals surface area contributed by atoms with Crippen LogP contribution in [0.5, 0.6) is 5.75 Å². The number of hydrogen-bond donors (Lipinski definition) is 1. The lowest BCUT2D eigenvalue weighted by Crippen LogP contribution is -2.39. The van der Waals surface area contributed by atoms with E-state index in [1.807, 2.05) is 0 Å². The zero-order valence-corrected chi connectivity index (χ0v) is 16.3. The van der Waals surface area contributed by atoms with Crippen LogP contribution in [0, 0.1) is 0 Å². The van der Waals surface area contributed by atoms with Crippen molar-refractivity contribution >= 4 is 49.3 Å². The topological polar surface area (TPSA) is 64.6 Å². The molecule has 0 saturated heterocycles. The maximum absolute atomic E-state index is 12.4. The van der Waals surface area contributed by atoms with Gasteiger partial charge in [0.1, 0.15) is 11.5 Å². The summed E-state index contributed by atoms with van der Waals surface area (Å²) >= 11 is 6.28. The van der Waals surface area contributed by atoms with Crippen molar-refractivity contribution < 1.29 is 32.2 Å². The SMILES string of the molecule is CC(=O)OC1=C(c2c(Br)cc(OC(F)(F)F)cc2Br)C(=O)NC1(C)C. The maximum Gasteiger partial charge on any atom is 0.573 e. The van der Waals surface area contributed by atoms with Gasteiger partial charge in [-0.15, -0.1) is 13.2 Å². The first-order valence-electron chi connectivity index (χ1n) is 6.82. The van der Waals surface area contributed by atoms with Crippen LogP contribution in [0.25, 0.3) is 5.57 Å². The molecule has 0 bridgehead atoms. The van der Waals surface area contributed by atoms with Crippen LogP contribution >= 0.6 is 31.9 Å². The van der Waals surface area contributed by atoms with Gasteiger partial charge in [0.15, 0.2) is 0 Å². The van der Waals surface area contributed by atoms with Crippen LogP contribution in [0.2, 0.25) is 0 Å². The molecule has 10 heteroatoms. The van der Waals surface area contributed by atoms with Crippen molar-refractivity contribution in [1.29, 1.82) is 0 Å². The smallest absolute Gasteiger partial charge is 0.428 e. The lowest BCUT2D eigenvalue weighted by Gasteiger charge is -2.21. The third kappa shape index (κ3) is 4.35. The zero-order chi connectivity index (χ0) is 19.2. The van der Waals surface area contributed by atoms with E-state index in [9.17, 15) is 22.8 Å². The number of carbonyl (C=O) groups excluding carboxylic acids is 2. The second-order valence-corrected chi connectivity index (χ2v) is 7.40. The van der Waals surface area contributed by atoms with E-state index in [4.69, 9.17) is 4.74 Å². The number of halogens is 5. The molecule has 0 atom stereocenters. The summed E-state index contributed by atoms with van der Waals surface area (Å²) in [6.45, 7) is 4.46. The van der Waals surface area contributed by atoms with Crippen molar-refractivity contribution in [3.63, 3.8) is 0 Å². The Kier molecular flexibility index (Phi) is 5.25. The average Bonchev–Trinajstić information content (AvgIpc) is 2.57. The van der Waals surface area contributed by atoms with Gasteiger partial charge in [0, 0.05) is 21.4 Å². The van der Waals surface area contributed by atoms with Crippen molar-refractivity contribution in [3.05, 3.63) is 32.4 Å². The summed E-state index contributed by atoms with van der Waals surface area (Å²) in [6, 6.07) is 2.15. The third-order valence-electron chi connectivity index (χ3n) is 3.19. The molecule has 1 N–H and O–H groups in total. The van der Waals surface area contributed by atoms with Gasteiger partial charge in [-0.3, -0.25) is 9.59 Å². The van der Waals surface area contributed by atoms with Crippen molar-refractivity contribution in [2.75, 3.05) is 0 Å². The Balaban J connectivity index is 2.63. The molecule has 2 rings (SSSR count). The molecular formula is C15H12Br2F3NO4. The number of amides is 1. The van der Waals surface area contributed by atoms with E-state index in [-0.39, 0.29) is 25.8 Å².